The van der Waals surface area contributed by atoms with E-state index in [4.69, 9.17) is 35.8 Å². The summed E-state index contributed by atoms with van der Waals surface area (Å²) in [5.41, 5.74) is 4.77. The Balaban J connectivity index is 1.47. The summed E-state index contributed by atoms with van der Waals surface area (Å²) < 4.78 is 16.2. The minimum atomic E-state index is -1.01. The number of anilines is 1. The summed E-state index contributed by atoms with van der Waals surface area (Å²) in [5, 5.41) is 3.11. The van der Waals surface area contributed by atoms with E-state index in [1.165, 1.54) is 0 Å². The lowest BCUT2D eigenvalue weighted by molar-refractivity contribution is -0.124. The Morgan fingerprint density at radius 2 is 1.36 bits per heavy atom. The molecule has 1 N–H and O–H groups in total. The smallest absolute Gasteiger partial charge is 0.338 e. The molecule has 5 rings (SSSR count). The lowest BCUT2D eigenvalue weighted by atomic mass is 10.0. The van der Waals surface area contributed by atoms with Crippen molar-refractivity contribution in [2.24, 2.45) is 0 Å². The molecule has 4 aromatic carbocycles. The van der Waals surface area contributed by atoms with Crippen molar-refractivity contribution in [3.8, 4) is 34.0 Å². The molecule has 0 saturated heterocycles. The van der Waals surface area contributed by atoms with Gasteiger partial charge in [0.2, 0.25) is 0 Å². The highest BCUT2D eigenvalue weighted by Gasteiger charge is 2.23. The molecule has 0 fully saturated rings. The molecule has 1 unspecified atom stereocenters. The van der Waals surface area contributed by atoms with Crippen molar-refractivity contribution in [3.63, 3.8) is 0 Å². The summed E-state index contributed by atoms with van der Waals surface area (Å²) in [5.74, 6) is 0.329. The summed E-state index contributed by atoms with van der Waals surface area (Å²) in [6.45, 7) is 1.76. The molecule has 1 atom stereocenters. The van der Waals surface area contributed by atoms with Crippen LogP contribution in [0.4, 0.5) is 5.69 Å². The van der Waals surface area contributed by atoms with Gasteiger partial charge in [-0.25, -0.2) is 14.8 Å². The number of ether oxygens (including phenoxy) is 3. The first kappa shape index (κ1) is 28.6. The van der Waals surface area contributed by atoms with Crippen molar-refractivity contribution in [3.05, 3.63) is 102 Å². The van der Waals surface area contributed by atoms with Crippen LogP contribution in [-0.4, -0.2) is 42.2 Å². The number of methoxy groups -OCH3 is 2. The van der Waals surface area contributed by atoms with Crippen molar-refractivity contribution in [2.45, 2.75) is 19.4 Å². The number of carbonyl (C=O) groups excluding carboxylic acids is 2. The number of rotatable bonds is 9. The van der Waals surface area contributed by atoms with Crippen molar-refractivity contribution < 1.29 is 23.8 Å². The van der Waals surface area contributed by atoms with Crippen molar-refractivity contribution in [1.29, 1.82) is 0 Å². The van der Waals surface area contributed by atoms with Gasteiger partial charge in [0.1, 0.15) is 11.5 Å². The number of carbonyl (C=O) groups is 2. The van der Waals surface area contributed by atoms with Crippen LogP contribution >= 0.6 is 11.6 Å². The first-order valence-electron chi connectivity index (χ1n) is 13.3. The minimum Gasteiger partial charge on any atom is -0.497 e. The number of halogens is 1. The maximum Gasteiger partial charge on any atom is 0.338 e. The lowest BCUT2D eigenvalue weighted by Crippen LogP contribution is -2.32. The second-order valence-corrected chi connectivity index (χ2v) is 9.76. The SMILES string of the molecule is CCC(OC(=O)c1ccc2nc(-c3ccc(OC)cc3)c(-c3ccc(OC)cc3)nc2c1)C(=O)Nc1ccccc1Cl. The number of benzene rings is 4. The third-order valence-corrected chi connectivity index (χ3v) is 7.00. The molecule has 0 saturated carbocycles. The molecule has 1 aromatic heterocycles. The maximum atomic E-state index is 13.2. The normalized spacial score (nSPS) is 11.5. The Morgan fingerprint density at radius 1 is 0.786 bits per heavy atom. The molecule has 0 bridgehead atoms. The Hall–Kier alpha value is -4.95. The zero-order chi connectivity index (χ0) is 29.6. The number of nitrogens with zero attached hydrogens (tertiary/aromatic N) is 2. The molecule has 42 heavy (non-hydrogen) atoms. The van der Waals surface area contributed by atoms with Crippen LogP contribution in [0.1, 0.15) is 23.7 Å². The quantitative estimate of drug-likeness (QED) is 0.184. The number of aromatic nitrogens is 2. The first-order chi connectivity index (χ1) is 20.4. The fourth-order valence-electron chi connectivity index (χ4n) is 4.38. The van der Waals surface area contributed by atoms with Crippen LogP contribution in [-0.2, 0) is 9.53 Å². The Morgan fingerprint density at radius 3 is 1.90 bits per heavy atom. The molecule has 212 valence electrons. The van der Waals surface area contributed by atoms with Gasteiger partial charge in [-0.1, -0.05) is 30.7 Å². The van der Waals surface area contributed by atoms with Gasteiger partial charge in [-0.05, 0) is 85.3 Å². The first-order valence-corrected chi connectivity index (χ1v) is 13.6. The molecule has 0 aliphatic heterocycles. The van der Waals surface area contributed by atoms with Crippen molar-refractivity contribution >= 4 is 40.2 Å². The van der Waals surface area contributed by atoms with Gasteiger partial charge in [-0.2, -0.15) is 0 Å². The fourth-order valence-corrected chi connectivity index (χ4v) is 4.56. The average molecular weight is 582 g/mol. The Labute approximate surface area is 248 Å². The number of fused-ring (bicyclic) bond motifs is 1. The second kappa shape index (κ2) is 12.7. The maximum absolute atomic E-state index is 13.2. The van der Waals surface area contributed by atoms with Crippen LogP contribution in [0.25, 0.3) is 33.5 Å². The molecule has 8 nitrogen and oxygen atoms in total. The zero-order valence-corrected chi connectivity index (χ0v) is 24.0. The van der Waals surface area contributed by atoms with Crippen LogP contribution in [0.15, 0.2) is 91.0 Å². The van der Waals surface area contributed by atoms with Gasteiger partial charge < -0.3 is 19.5 Å². The fraction of sp³-hybridized carbons (Fsp3) is 0.152. The molecule has 1 heterocycles. The molecule has 0 radical (unpaired) electrons. The van der Waals surface area contributed by atoms with E-state index in [1.54, 1.807) is 63.6 Å². The van der Waals surface area contributed by atoms with Gasteiger partial charge in [0.15, 0.2) is 6.10 Å². The predicted molar refractivity (Wildman–Crippen MR) is 163 cm³/mol. The van der Waals surface area contributed by atoms with Gasteiger partial charge in [-0.3, -0.25) is 4.79 Å². The summed E-state index contributed by atoms with van der Waals surface area (Å²) >= 11 is 6.16. The summed E-state index contributed by atoms with van der Waals surface area (Å²) in [6, 6.07) is 26.9. The molecule has 5 aromatic rings. The molecule has 0 aliphatic rings. The Kier molecular flexibility index (Phi) is 8.64. The molecular weight excluding hydrogens is 554 g/mol. The molecule has 1 amide bonds. The topological polar surface area (TPSA) is 99.6 Å². The van der Waals surface area contributed by atoms with E-state index in [-0.39, 0.29) is 12.0 Å². The van der Waals surface area contributed by atoms with Crippen LogP contribution in [0, 0.1) is 0 Å². The van der Waals surface area contributed by atoms with Gasteiger partial charge in [0.05, 0.1) is 52.9 Å². The summed E-state index contributed by atoms with van der Waals surface area (Å²) in [6.07, 6.45) is -0.731. The van der Waals surface area contributed by atoms with E-state index in [1.807, 2.05) is 48.5 Å². The second-order valence-electron chi connectivity index (χ2n) is 9.35. The van der Waals surface area contributed by atoms with E-state index >= 15 is 0 Å². The van der Waals surface area contributed by atoms with Crippen LogP contribution in [0.2, 0.25) is 5.02 Å². The highest BCUT2D eigenvalue weighted by Crippen LogP contribution is 2.33. The van der Waals surface area contributed by atoms with Gasteiger partial charge in [-0.15, -0.1) is 0 Å². The number of nitrogens with one attached hydrogen (secondary N) is 1. The molecule has 0 spiro atoms. The monoisotopic (exact) mass is 581 g/mol. The lowest BCUT2D eigenvalue weighted by Gasteiger charge is -2.17. The van der Waals surface area contributed by atoms with E-state index < -0.39 is 18.0 Å². The number of hydrogen-bond acceptors (Lipinski definition) is 7. The standard InChI is InChI=1S/C33H28ClN3O5/c1-4-29(32(38)37-26-8-6-5-7-25(26)34)42-33(39)22-13-18-27-28(19-22)36-31(21-11-16-24(41-3)17-12-21)30(35-27)20-9-14-23(40-2)15-10-20/h5-19,29H,4H2,1-3H3,(H,37,38). The van der Waals surface area contributed by atoms with Crippen molar-refractivity contribution in [2.75, 3.05) is 19.5 Å². The van der Waals surface area contributed by atoms with Crippen LogP contribution < -0.4 is 14.8 Å². The third-order valence-electron chi connectivity index (χ3n) is 6.67. The Bertz CT molecular complexity index is 1740. The highest BCUT2D eigenvalue weighted by molar-refractivity contribution is 6.33. The number of para-hydroxylation sites is 1. The van der Waals surface area contributed by atoms with Gasteiger partial charge in [0.25, 0.3) is 5.91 Å². The highest BCUT2D eigenvalue weighted by atomic mass is 35.5. The average Bonchev–Trinajstić information content (AvgIpc) is 3.03. The van der Waals surface area contributed by atoms with Gasteiger partial charge >= 0.3 is 5.97 Å². The van der Waals surface area contributed by atoms with Gasteiger partial charge in [0, 0.05) is 11.1 Å². The predicted octanol–water partition coefficient (Wildman–Crippen LogP) is 7.21. The van der Waals surface area contributed by atoms with E-state index in [0.717, 1.165) is 16.9 Å². The van der Waals surface area contributed by atoms with E-state index in [0.29, 0.717) is 38.9 Å². The summed E-state index contributed by atoms with van der Waals surface area (Å²) in [7, 11) is 3.22. The third kappa shape index (κ3) is 6.19. The minimum absolute atomic E-state index is 0.249. The van der Waals surface area contributed by atoms with E-state index in [9.17, 15) is 9.59 Å². The van der Waals surface area contributed by atoms with Crippen LogP contribution in [0.5, 0.6) is 11.5 Å². The number of hydrogen-bond donors (Lipinski definition) is 1. The van der Waals surface area contributed by atoms with Crippen molar-refractivity contribution in [1.82, 2.24) is 9.97 Å². The molecule has 9 heteroatoms. The van der Waals surface area contributed by atoms with E-state index in [2.05, 4.69) is 5.32 Å². The number of esters is 1. The van der Waals surface area contributed by atoms with Crippen LogP contribution in [0.3, 0.4) is 0 Å². The number of amides is 1. The molecule has 0 aliphatic carbocycles. The summed E-state index contributed by atoms with van der Waals surface area (Å²) in [4.78, 5) is 35.8. The largest absolute Gasteiger partial charge is 0.497 e. The molecular formula is C33H28ClN3O5. The zero-order valence-electron chi connectivity index (χ0n) is 23.3.